The minimum Gasteiger partial charge on any atom is -0.481 e. The van der Waals surface area contributed by atoms with Crippen molar-refractivity contribution in [2.75, 3.05) is 13.1 Å². The third-order valence-corrected chi connectivity index (χ3v) is 2.54. The lowest BCUT2D eigenvalue weighted by Gasteiger charge is -2.28. The van der Waals surface area contributed by atoms with Gasteiger partial charge < -0.3 is 15.3 Å². The molecule has 0 heterocycles. The summed E-state index contributed by atoms with van der Waals surface area (Å²) in [7, 11) is 0. The molecule has 0 fully saturated rings. The smallest absolute Gasteiger partial charge is 0.317 e. The Hall–Kier alpha value is -1.26. The van der Waals surface area contributed by atoms with E-state index in [9.17, 15) is 9.59 Å². The number of carbonyl (C=O) groups is 2. The minimum atomic E-state index is -0.787. The summed E-state index contributed by atoms with van der Waals surface area (Å²) in [6.07, 6.45) is 1.46. The minimum absolute atomic E-state index is 0.0611. The highest BCUT2D eigenvalue weighted by molar-refractivity contribution is 5.74. The molecular formula is C13H26N2O3. The molecule has 0 aromatic heterocycles. The van der Waals surface area contributed by atoms with Crippen LogP contribution >= 0.6 is 0 Å². The molecule has 0 saturated carbocycles. The lowest BCUT2D eigenvalue weighted by molar-refractivity contribution is -0.137. The van der Waals surface area contributed by atoms with E-state index in [-0.39, 0.29) is 18.5 Å². The van der Waals surface area contributed by atoms with Crippen molar-refractivity contribution in [2.24, 2.45) is 5.92 Å². The van der Waals surface area contributed by atoms with E-state index in [1.165, 1.54) is 0 Å². The van der Waals surface area contributed by atoms with Crippen molar-refractivity contribution in [3.8, 4) is 0 Å². The third kappa shape index (κ3) is 7.92. The summed E-state index contributed by atoms with van der Waals surface area (Å²) in [5.41, 5.74) is 0. The zero-order valence-corrected chi connectivity index (χ0v) is 11.9. The Balaban J connectivity index is 3.92. The fraction of sp³-hybridized carbons (Fsp3) is 0.846. The number of aliphatic carboxylic acids is 1. The molecule has 0 saturated heterocycles. The van der Waals surface area contributed by atoms with Gasteiger partial charge in [0.1, 0.15) is 0 Å². The highest BCUT2D eigenvalue weighted by Crippen LogP contribution is 2.04. The van der Waals surface area contributed by atoms with E-state index >= 15 is 0 Å². The van der Waals surface area contributed by atoms with Crippen LogP contribution in [-0.4, -0.2) is 41.1 Å². The summed E-state index contributed by atoms with van der Waals surface area (Å²) in [6, 6.07) is 0.112. The average molecular weight is 258 g/mol. The first kappa shape index (κ1) is 16.7. The second kappa shape index (κ2) is 8.78. The summed E-state index contributed by atoms with van der Waals surface area (Å²) in [5.74, 6) is -0.352. The Morgan fingerprint density at radius 1 is 1.17 bits per heavy atom. The number of carboxylic acids is 1. The van der Waals surface area contributed by atoms with Crippen LogP contribution in [0.3, 0.4) is 0 Å². The average Bonchev–Trinajstić information content (AvgIpc) is 2.24. The molecular weight excluding hydrogens is 232 g/mol. The molecule has 2 N–H and O–H groups in total. The molecule has 0 rings (SSSR count). The van der Waals surface area contributed by atoms with E-state index in [1.54, 1.807) is 0 Å². The molecule has 0 aliphatic carbocycles. The zero-order chi connectivity index (χ0) is 14.1. The summed E-state index contributed by atoms with van der Waals surface area (Å²) in [6.45, 7) is 9.41. The Labute approximate surface area is 110 Å². The number of hydrogen-bond acceptors (Lipinski definition) is 2. The predicted octanol–water partition coefficient (Wildman–Crippen LogP) is 2.32. The largest absolute Gasteiger partial charge is 0.481 e. The van der Waals surface area contributed by atoms with Gasteiger partial charge in [0.2, 0.25) is 0 Å². The topological polar surface area (TPSA) is 69.6 Å². The van der Waals surface area contributed by atoms with Crippen molar-refractivity contribution in [3.05, 3.63) is 0 Å². The Morgan fingerprint density at radius 2 is 1.78 bits per heavy atom. The number of nitrogens with one attached hydrogen (secondary N) is 1. The molecule has 2 amide bonds. The fourth-order valence-corrected chi connectivity index (χ4v) is 1.62. The molecule has 18 heavy (non-hydrogen) atoms. The summed E-state index contributed by atoms with van der Waals surface area (Å²) in [5, 5.41) is 11.3. The van der Waals surface area contributed by atoms with Crippen LogP contribution in [0, 0.1) is 5.92 Å². The van der Waals surface area contributed by atoms with Crippen LogP contribution in [0.5, 0.6) is 0 Å². The van der Waals surface area contributed by atoms with Crippen LogP contribution in [0.25, 0.3) is 0 Å². The molecule has 0 bridgehead atoms. The number of hydrogen-bond donors (Lipinski definition) is 2. The molecule has 0 aromatic carbocycles. The first-order chi connectivity index (χ1) is 8.34. The lowest BCUT2D eigenvalue weighted by atomic mass is 10.2. The first-order valence-electron chi connectivity index (χ1n) is 6.60. The van der Waals surface area contributed by atoms with Crippen LogP contribution in [0.4, 0.5) is 4.79 Å². The molecule has 0 radical (unpaired) electrons. The Kier molecular flexibility index (Phi) is 8.16. The fourth-order valence-electron chi connectivity index (χ4n) is 1.62. The van der Waals surface area contributed by atoms with Crippen molar-refractivity contribution in [2.45, 2.75) is 53.0 Å². The van der Waals surface area contributed by atoms with E-state index in [2.05, 4.69) is 19.2 Å². The van der Waals surface area contributed by atoms with Crippen LogP contribution in [0.1, 0.15) is 47.0 Å². The quantitative estimate of drug-likeness (QED) is 0.656. The molecule has 106 valence electrons. The van der Waals surface area contributed by atoms with Gasteiger partial charge in [0.05, 0.1) is 0 Å². The molecule has 0 unspecified atom stereocenters. The van der Waals surface area contributed by atoms with Crippen molar-refractivity contribution in [1.29, 1.82) is 0 Å². The summed E-state index contributed by atoms with van der Waals surface area (Å²) >= 11 is 0. The number of carbonyl (C=O) groups excluding carboxylic acids is 1. The van der Waals surface area contributed by atoms with Gasteiger partial charge in [0.25, 0.3) is 0 Å². The van der Waals surface area contributed by atoms with Gasteiger partial charge in [-0.3, -0.25) is 4.79 Å². The zero-order valence-electron chi connectivity index (χ0n) is 11.9. The molecule has 0 aromatic rings. The number of urea groups is 1. The van der Waals surface area contributed by atoms with Gasteiger partial charge in [0, 0.05) is 25.6 Å². The summed E-state index contributed by atoms with van der Waals surface area (Å²) in [4.78, 5) is 24.0. The number of unbranched alkanes of at least 4 members (excludes halogenated alkanes) is 1. The van der Waals surface area contributed by atoms with Crippen molar-refractivity contribution < 1.29 is 14.7 Å². The number of carboxylic acid groups (broad SMARTS) is 1. The van der Waals surface area contributed by atoms with Crippen LogP contribution < -0.4 is 5.32 Å². The first-order valence-corrected chi connectivity index (χ1v) is 6.60. The van der Waals surface area contributed by atoms with Crippen molar-refractivity contribution >= 4 is 12.0 Å². The standard InChI is InChI=1S/C13H26N2O3/c1-10(2)9-15(11(3)4)13(18)14-8-6-5-7-12(16)17/h10-11H,5-9H2,1-4H3,(H,14,18)(H,16,17). The second-order valence-electron chi connectivity index (χ2n) is 5.22. The van der Waals surface area contributed by atoms with Gasteiger partial charge in [-0.25, -0.2) is 4.79 Å². The van der Waals surface area contributed by atoms with Gasteiger partial charge in [-0.1, -0.05) is 13.8 Å². The van der Waals surface area contributed by atoms with Crippen LogP contribution in [0.2, 0.25) is 0 Å². The van der Waals surface area contributed by atoms with E-state index in [0.717, 1.165) is 6.54 Å². The maximum atomic E-state index is 11.9. The lowest BCUT2D eigenvalue weighted by Crippen LogP contribution is -2.45. The molecule has 5 nitrogen and oxygen atoms in total. The molecule has 0 aliphatic heterocycles. The van der Waals surface area contributed by atoms with Crippen molar-refractivity contribution in [3.63, 3.8) is 0 Å². The Bertz CT molecular complexity index is 265. The Morgan fingerprint density at radius 3 is 2.22 bits per heavy atom. The highest BCUT2D eigenvalue weighted by Gasteiger charge is 2.17. The SMILES string of the molecule is CC(C)CN(C(=O)NCCCCC(=O)O)C(C)C. The van der Waals surface area contributed by atoms with Gasteiger partial charge in [0.15, 0.2) is 0 Å². The van der Waals surface area contributed by atoms with E-state index in [0.29, 0.717) is 25.3 Å². The molecule has 0 aliphatic rings. The monoisotopic (exact) mass is 258 g/mol. The van der Waals surface area contributed by atoms with Crippen molar-refractivity contribution in [1.82, 2.24) is 10.2 Å². The van der Waals surface area contributed by atoms with E-state index < -0.39 is 5.97 Å². The number of amides is 2. The molecule has 0 spiro atoms. The van der Waals surface area contributed by atoms with Gasteiger partial charge in [-0.05, 0) is 32.6 Å². The maximum absolute atomic E-state index is 11.9. The molecule has 5 heteroatoms. The summed E-state index contributed by atoms with van der Waals surface area (Å²) < 4.78 is 0. The maximum Gasteiger partial charge on any atom is 0.317 e. The third-order valence-electron chi connectivity index (χ3n) is 2.54. The number of rotatable bonds is 8. The van der Waals surface area contributed by atoms with Gasteiger partial charge >= 0.3 is 12.0 Å². The number of nitrogens with zero attached hydrogens (tertiary/aromatic N) is 1. The van der Waals surface area contributed by atoms with E-state index in [4.69, 9.17) is 5.11 Å². The van der Waals surface area contributed by atoms with E-state index in [1.807, 2.05) is 18.7 Å². The van der Waals surface area contributed by atoms with Gasteiger partial charge in [-0.2, -0.15) is 0 Å². The predicted molar refractivity (Wildman–Crippen MR) is 71.6 cm³/mol. The highest BCUT2D eigenvalue weighted by atomic mass is 16.4. The molecule has 0 atom stereocenters. The normalized spacial score (nSPS) is 10.8. The van der Waals surface area contributed by atoms with Gasteiger partial charge in [-0.15, -0.1) is 0 Å². The second-order valence-corrected chi connectivity index (χ2v) is 5.22. The van der Waals surface area contributed by atoms with Crippen LogP contribution in [0.15, 0.2) is 0 Å². The van der Waals surface area contributed by atoms with Crippen LogP contribution in [-0.2, 0) is 4.79 Å².